The molecule has 0 radical (unpaired) electrons. The topological polar surface area (TPSA) is 51.8 Å². The number of rotatable bonds is 1. The van der Waals surface area contributed by atoms with E-state index < -0.39 is 0 Å². The van der Waals surface area contributed by atoms with Crippen molar-refractivity contribution in [3.63, 3.8) is 0 Å². The highest BCUT2D eigenvalue weighted by Gasteiger charge is 2.13. The maximum atomic E-state index is 6.13. The summed E-state index contributed by atoms with van der Waals surface area (Å²) in [5.41, 5.74) is 12.6. The molecule has 1 heterocycles. The first-order valence-corrected chi connectivity index (χ1v) is 6.88. The fourth-order valence-electron chi connectivity index (χ4n) is 2.82. The molecule has 1 aliphatic rings. The van der Waals surface area contributed by atoms with Crippen molar-refractivity contribution in [2.45, 2.75) is 39.5 Å². The molecule has 0 saturated carbocycles. The van der Waals surface area contributed by atoms with E-state index in [2.05, 4.69) is 28.2 Å². The predicted molar refractivity (Wildman–Crippen MR) is 78.0 cm³/mol. The lowest BCUT2D eigenvalue weighted by molar-refractivity contribution is 0.686. The summed E-state index contributed by atoms with van der Waals surface area (Å²) in [7, 11) is 0. The third-order valence-corrected chi connectivity index (χ3v) is 3.87. The zero-order valence-corrected chi connectivity index (χ0v) is 11.5. The summed E-state index contributed by atoms with van der Waals surface area (Å²) >= 11 is 0. The van der Waals surface area contributed by atoms with E-state index in [4.69, 9.17) is 5.73 Å². The minimum absolute atomic E-state index is 0.696. The smallest absolute Gasteiger partial charge is 0.126 e. The van der Waals surface area contributed by atoms with Crippen LogP contribution in [0.1, 0.15) is 35.5 Å². The Morgan fingerprint density at radius 2 is 1.74 bits per heavy atom. The number of nitrogen functional groups attached to an aromatic ring is 1. The Balaban J connectivity index is 2.12. The molecule has 3 heteroatoms. The summed E-state index contributed by atoms with van der Waals surface area (Å²) in [6.45, 7) is 3.85. The normalized spacial score (nSPS) is 14.2. The van der Waals surface area contributed by atoms with Gasteiger partial charge in [-0.05, 0) is 56.7 Å². The molecule has 0 fully saturated rings. The highest BCUT2D eigenvalue weighted by atomic mass is 14.9. The van der Waals surface area contributed by atoms with Crippen LogP contribution in [0.3, 0.4) is 0 Å². The van der Waals surface area contributed by atoms with E-state index in [1.807, 2.05) is 13.8 Å². The van der Waals surface area contributed by atoms with Crippen LogP contribution >= 0.6 is 0 Å². The van der Waals surface area contributed by atoms with E-state index in [1.54, 1.807) is 0 Å². The summed E-state index contributed by atoms with van der Waals surface area (Å²) in [5.74, 6) is 0.777. The Morgan fingerprint density at radius 1 is 1.00 bits per heavy atom. The third kappa shape index (κ3) is 2.21. The summed E-state index contributed by atoms with van der Waals surface area (Å²) < 4.78 is 0. The summed E-state index contributed by atoms with van der Waals surface area (Å²) in [5, 5.41) is 0. The number of aromatic nitrogens is 2. The Bertz CT molecular complexity index is 632. The van der Waals surface area contributed by atoms with Crippen LogP contribution in [0, 0.1) is 13.8 Å². The molecule has 98 valence electrons. The maximum Gasteiger partial charge on any atom is 0.126 e. The highest BCUT2D eigenvalue weighted by molar-refractivity contribution is 5.74. The molecule has 0 amide bonds. The number of fused-ring (bicyclic) bond motifs is 1. The number of hydrogen-bond donors (Lipinski definition) is 1. The highest BCUT2D eigenvalue weighted by Crippen LogP contribution is 2.30. The van der Waals surface area contributed by atoms with E-state index in [1.165, 1.54) is 36.8 Å². The lowest BCUT2D eigenvalue weighted by atomic mass is 9.89. The minimum Gasteiger partial charge on any atom is -0.395 e. The average Bonchev–Trinajstić information content (AvgIpc) is 2.42. The molecule has 1 aromatic carbocycles. The zero-order chi connectivity index (χ0) is 13.4. The van der Waals surface area contributed by atoms with E-state index in [-0.39, 0.29) is 0 Å². The van der Waals surface area contributed by atoms with Crippen molar-refractivity contribution in [3.8, 4) is 11.3 Å². The van der Waals surface area contributed by atoms with Gasteiger partial charge in [0.1, 0.15) is 5.82 Å². The van der Waals surface area contributed by atoms with Gasteiger partial charge in [-0.15, -0.1) is 0 Å². The quantitative estimate of drug-likeness (QED) is 0.849. The van der Waals surface area contributed by atoms with E-state index >= 15 is 0 Å². The van der Waals surface area contributed by atoms with Crippen LogP contribution in [-0.4, -0.2) is 9.97 Å². The van der Waals surface area contributed by atoms with Gasteiger partial charge < -0.3 is 5.73 Å². The van der Waals surface area contributed by atoms with E-state index in [0.717, 1.165) is 22.8 Å². The van der Waals surface area contributed by atoms with Gasteiger partial charge in [0.15, 0.2) is 0 Å². The van der Waals surface area contributed by atoms with Gasteiger partial charge in [-0.25, -0.2) is 9.97 Å². The molecule has 2 aromatic rings. The molecule has 1 aliphatic carbocycles. The van der Waals surface area contributed by atoms with Gasteiger partial charge in [0.05, 0.1) is 17.1 Å². The van der Waals surface area contributed by atoms with Gasteiger partial charge >= 0.3 is 0 Å². The van der Waals surface area contributed by atoms with Crippen LogP contribution < -0.4 is 5.73 Å². The van der Waals surface area contributed by atoms with Gasteiger partial charge in [-0.1, -0.05) is 12.1 Å². The largest absolute Gasteiger partial charge is 0.395 e. The molecule has 0 spiro atoms. The minimum atomic E-state index is 0.696. The second-order valence-corrected chi connectivity index (χ2v) is 5.31. The first-order valence-electron chi connectivity index (χ1n) is 6.88. The van der Waals surface area contributed by atoms with Crippen LogP contribution in [0.5, 0.6) is 0 Å². The molecule has 0 aliphatic heterocycles. The van der Waals surface area contributed by atoms with Gasteiger partial charge in [0, 0.05) is 5.56 Å². The van der Waals surface area contributed by atoms with E-state index in [0.29, 0.717) is 5.69 Å². The molecule has 19 heavy (non-hydrogen) atoms. The van der Waals surface area contributed by atoms with Crippen LogP contribution in [-0.2, 0) is 12.8 Å². The van der Waals surface area contributed by atoms with Crippen molar-refractivity contribution < 1.29 is 0 Å². The number of nitrogens with two attached hydrogens (primary N) is 1. The summed E-state index contributed by atoms with van der Waals surface area (Å²) in [6, 6.07) is 6.63. The number of hydrogen-bond acceptors (Lipinski definition) is 3. The Labute approximate surface area is 113 Å². The van der Waals surface area contributed by atoms with Crippen LogP contribution in [0.25, 0.3) is 11.3 Å². The van der Waals surface area contributed by atoms with E-state index in [9.17, 15) is 0 Å². The first-order chi connectivity index (χ1) is 9.15. The molecule has 2 N–H and O–H groups in total. The number of benzene rings is 1. The van der Waals surface area contributed by atoms with Crippen molar-refractivity contribution in [1.82, 2.24) is 9.97 Å². The lowest BCUT2D eigenvalue weighted by Gasteiger charge is -2.17. The molecule has 0 unspecified atom stereocenters. The molecular weight excluding hydrogens is 234 g/mol. The molecule has 0 bridgehead atoms. The summed E-state index contributed by atoms with van der Waals surface area (Å²) in [6.07, 6.45) is 4.97. The third-order valence-electron chi connectivity index (χ3n) is 3.87. The first kappa shape index (κ1) is 12.2. The van der Waals surface area contributed by atoms with Crippen molar-refractivity contribution in [2.75, 3.05) is 5.73 Å². The standard InChI is InChI=1S/C16H19N3/c1-10-15(17)16(19-11(2)18-10)14-8-7-12-5-3-4-6-13(12)9-14/h7-9H,3-6,17H2,1-2H3. The van der Waals surface area contributed by atoms with Crippen LogP contribution in [0.4, 0.5) is 5.69 Å². The van der Waals surface area contributed by atoms with Gasteiger partial charge in [0.2, 0.25) is 0 Å². The number of aryl methyl sites for hydroxylation is 4. The zero-order valence-electron chi connectivity index (χ0n) is 11.5. The van der Waals surface area contributed by atoms with Crippen molar-refractivity contribution >= 4 is 5.69 Å². The summed E-state index contributed by atoms with van der Waals surface area (Å²) in [4.78, 5) is 8.83. The number of anilines is 1. The predicted octanol–water partition coefficient (Wildman–Crippen LogP) is 3.22. The molecular formula is C16H19N3. The lowest BCUT2D eigenvalue weighted by Crippen LogP contribution is -2.05. The Morgan fingerprint density at radius 3 is 2.53 bits per heavy atom. The van der Waals surface area contributed by atoms with Crippen molar-refractivity contribution in [1.29, 1.82) is 0 Å². The van der Waals surface area contributed by atoms with Crippen molar-refractivity contribution in [2.24, 2.45) is 0 Å². The SMILES string of the molecule is Cc1nc(C)c(N)c(-c2ccc3c(c2)CCCC3)n1. The second kappa shape index (κ2) is 4.65. The molecule has 3 nitrogen and oxygen atoms in total. The van der Waals surface area contributed by atoms with Gasteiger partial charge in [-0.3, -0.25) is 0 Å². The molecule has 1 aromatic heterocycles. The maximum absolute atomic E-state index is 6.13. The van der Waals surface area contributed by atoms with Crippen LogP contribution in [0.2, 0.25) is 0 Å². The van der Waals surface area contributed by atoms with Crippen LogP contribution in [0.15, 0.2) is 18.2 Å². The number of nitrogens with zero attached hydrogens (tertiary/aromatic N) is 2. The van der Waals surface area contributed by atoms with Gasteiger partial charge in [-0.2, -0.15) is 0 Å². The van der Waals surface area contributed by atoms with Crippen molar-refractivity contribution in [3.05, 3.63) is 40.8 Å². The average molecular weight is 253 g/mol. The second-order valence-electron chi connectivity index (χ2n) is 5.31. The monoisotopic (exact) mass is 253 g/mol. The fraction of sp³-hybridized carbons (Fsp3) is 0.375. The fourth-order valence-corrected chi connectivity index (χ4v) is 2.82. The Kier molecular flexibility index (Phi) is 2.97. The molecule has 0 saturated heterocycles. The Hall–Kier alpha value is -1.90. The molecule has 3 rings (SSSR count). The van der Waals surface area contributed by atoms with Gasteiger partial charge in [0.25, 0.3) is 0 Å². The molecule has 0 atom stereocenters.